The number of nitrogens with one attached hydrogen (secondary N) is 2. The number of hydrogen-bond acceptors (Lipinski definition) is 3. The van der Waals surface area contributed by atoms with Gasteiger partial charge in [0.25, 0.3) is 5.91 Å². The molecule has 5 nitrogen and oxygen atoms in total. The van der Waals surface area contributed by atoms with Crippen LogP contribution >= 0.6 is 11.6 Å². The molecular formula is C19H20ClN3O2. The van der Waals surface area contributed by atoms with Crippen molar-refractivity contribution < 1.29 is 9.59 Å². The molecule has 2 aromatic carbocycles. The molecule has 0 aliphatic rings. The molecular weight excluding hydrogens is 338 g/mol. The number of rotatable bonds is 5. The van der Waals surface area contributed by atoms with Crippen LogP contribution in [-0.2, 0) is 4.79 Å². The van der Waals surface area contributed by atoms with Crippen LogP contribution in [0.15, 0.2) is 47.6 Å². The highest BCUT2D eigenvalue weighted by molar-refractivity contribution is 6.30. The molecule has 0 atom stereocenters. The second-order valence-electron chi connectivity index (χ2n) is 5.79. The van der Waals surface area contributed by atoms with E-state index < -0.39 is 0 Å². The average molecular weight is 358 g/mol. The van der Waals surface area contributed by atoms with Gasteiger partial charge in [-0.2, -0.15) is 5.10 Å². The molecule has 0 aliphatic heterocycles. The molecule has 0 fully saturated rings. The lowest BCUT2D eigenvalue weighted by Crippen LogP contribution is -2.22. The van der Waals surface area contributed by atoms with Gasteiger partial charge in [0.2, 0.25) is 5.91 Å². The smallest absolute Gasteiger partial charge is 0.271 e. The number of hydrogen-bond donors (Lipinski definition) is 2. The molecule has 2 N–H and O–H groups in total. The molecule has 0 saturated heterocycles. The molecule has 2 rings (SSSR count). The van der Waals surface area contributed by atoms with Crippen molar-refractivity contribution in [2.75, 3.05) is 5.32 Å². The zero-order chi connectivity index (χ0) is 18.4. The molecule has 6 heteroatoms. The third-order valence-corrected chi connectivity index (χ3v) is 3.85. The molecule has 0 aromatic heterocycles. The van der Waals surface area contributed by atoms with E-state index >= 15 is 0 Å². The SMILES string of the molecule is C/C(CC(=O)Nc1ccc(Cl)cc1C)=N/NC(=O)c1ccccc1C. The molecule has 0 saturated carbocycles. The number of carbonyl (C=O) groups excluding carboxylic acids is 2. The van der Waals surface area contributed by atoms with Crippen molar-refractivity contribution in [3.63, 3.8) is 0 Å². The summed E-state index contributed by atoms with van der Waals surface area (Å²) < 4.78 is 0. The topological polar surface area (TPSA) is 70.6 Å². The van der Waals surface area contributed by atoms with E-state index in [1.165, 1.54) is 0 Å². The minimum Gasteiger partial charge on any atom is -0.326 e. The fourth-order valence-corrected chi connectivity index (χ4v) is 2.49. The van der Waals surface area contributed by atoms with Gasteiger partial charge in [-0.3, -0.25) is 9.59 Å². The molecule has 0 radical (unpaired) electrons. The Morgan fingerprint density at radius 3 is 2.48 bits per heavy atom. The van der Waals surface area contributed by atoms with E-state index in [-0.39, 0.29) is 18.2 Å². The van der Waals surface area contributed by atoms with E-state index in [1.807, 2.05) is 26.0 Å². The molecule has 0 unspecified atom stereocenters. The summed E-state index contributed by atoms with van der Waals surface area (Å²) in [7, 11) is 0. The van der Waals surface area contributed by atoms with Gasteiger partial charge < -0.3 is 5.32 Å². The van der Waals surface area contributed by atoms with E-state index in [0.717, 1.165) is 11.1 Å². The number of carbonyl (C=O) groups is 2. The van der Waals surface area contributed by atoms with Crippen molar-refractivity contribution in [1.82, 2.24) is 5.43 Å². The number of halogens is 1. The van der Waals surface area contributed by atoms with Crippen molar-refractivity contribution in [2.45, 2.75) is 27.2 Å². The zero-order valence-corrected chi connectivity index (χ0v) is 15.1. The fourth-order valence-electron chi connectivity index (χ4n) is 2.27. The Labute approximate surface area is 152 Å². The second-order valence-corrected chi connectivity index (χ2v) is 6.22. The third-order valence-electron chi connectivity index (χ3n) is 3.62. The highest BCUT2D eigenvalue weighted by Crippen LogP contribution is 2.19. The van der Waals surface area contributed by atoms with Gasteiger partial charge in [-0.25, -0.2) is 5.43 Å². The van der Waals surface area contributed by atoms with Crippen LogP contribution in [-0.4, -0.2) is 17.5 Å². The lowest BCUT2D eigenvalue weighted by atomic mass is 10.1. The lowest BCUT2D eigenvalue weighted by molar-refractivity contribution is -0.115. The van der Waals surface area contributed by atoms with E-state index in [1.54, 1.807) is 37.3 Å². The molecule has 2 aromatic rings. The van der Waals surface area contributed by atoms with Gasteiger partial charge in [0.05, 0.1) is 6.42 Å². The number of amides is 2. The van der Waals surface area contributed by atoms with E-state index in [0.29, 0.717) is 22.0 Å². The number of benzene rings is 2. The zero-order valence-electron chi connectivity index (χ0n) is 14.4. The number of nitrogens with zero attached hydrogens (tertiary/aromatic N) is 1. The van der Waals surface area contributed by atoms with Crippen LogP contribution in [0.25, 0.3) is 0 Å². The van der Waals surface area contributed by atoms with Gasteiger partial charge in [0.1, 0.15) is 0 Å². The van der Waals surface area contributed by atoms with Crippen LogP contribution in [0.5, 0.6) is 0 Å². The maximum absolute atomic E-state index is 12.1. The highest BCUT2D eigenvalue weighted by Gasteiger charge is 2.09. The molecule has 25 heavy (non-hydrogen) atoms. The summed E-state index contributed by atoms with van der Waals surface area (Å²) in [5, 5.41) is 7.42. The van der Waals surface area contributed by atoms with Crippen molar-refractivity contribution >= 4 is 34.8 Å². The monoisotopic (exact) mass is 357 g/mol. The minimum absolute atomic E-state index is 0.0795. The molecule has 0 aliphatic carbocycles. The Bertz CT molecular complexity index is 831. The summed E-state index contributed by atoms with van der Waals surface area (Å²) in [6.07, 6.45) is 0.0795. The molecule has 0 bridgehead atoms. The summed E-state index contributed by atoms with van der Waals surface area (Å²) in [4.78, 5) is 24.2. The molecule has 0 spiro atoms. The first-order chi connectivity index (χ1) is 11.9. The van der Waals surface area contributed by atoms with Crippen molar-refractivity contribution in [1.29, 1.82) is 0 Å². The van der Waals surface area contributed by atoms with Gasteiger partial charge >= 0.3 is 0 Å². The van der Waals surface area contributed by atoms with Crippen molar-refractivity contribution in [3.8, 4) is 0 Å². The molecule has 2 amide bonds. The maximum Gasteiger partial charge on any atom is 0.271 e. The predicted octanol–water partition coefficient (Wildman–Crippen LogP) is 4.09. The Balaban J connectivity index is 1.93. The second kappa shape index (κ2) is 8.44. The Morgan fingerprint density at radius 2 is 1.80 bits per heavy atom. The standard InChI is InChI=1S/C19H20ClN3O2/c1-12-6-4-5-7-16(12)19(25)23-22-14(3)11-18(24)21-17-9-8-15(20)10-13(17)2/h4-10H,11H2,1-3H3,(H,21,24)(H,23,25)/b22-14-. The number of anilines is 1. The van der Waals surface area contributed by atoms with Gasteiger partial charge in [-0.05, 0) is 56.2 Å². The lowest BCUT2D eigenvalue weighted by Gasteiger charge is -2.09. The van der Waals surface area contributed by atoms with Crippen LogP contribution in [0.1, 0.15) is 34.8 Å². The van der Waals surface area contributed by atoms with Gasteiger partial charge in [0, 0.05) is 22.0 Å². The number of aryl methyl sites for hydroxylation is 2. The van der Waals surface area contributed by atoms with Crippen LogP contribution in [0, 0.1) is 13.8 Å². The average Bonchev–Trinajstić information content (AvgIpc) is 2.55. The Hall–Kier alpha value is -2.66. The highest BCUT2D eigenvalue weighted by atomic mass is 35.5. The maximum atomic E-state index is 12.1. The van der Waals surface area contributed by atoms with Gasteiger partial charge in [0.15, 0.2) is 0 Å². The van der Waals surface area contributed by atoms with Gasteiger partial charge in [-0.15, -0.1) is 0 Å². The van der Waals surface area contributed by atoms with Crippen LogP contribution in [0.2, 0.25) is 5.02 Å². The first kappa shape index (κ1) is 18.7. The minimum atomic E-state index is -0.300. The third kappa shape index (κ3) is 5.43. The van der Waals surface area contributed by atoms with E-state index in [9.17, 15) is 9.59 Å². The molecule has 0 heterocycles. The van der Waals surface area contributed by atoms with Crippen LogP contribution < -0.4 is 10.7 Å². The first-order valence-corrected chi connectivity index (χ1v) is 8.19. The predicted molar refractivity (Wildman–Crippen MR) is 101 cm³/mol. The van der Waals surface area contributed by atoms with Gasteiger partial charge in [-0.1, -0.05) is 29.8 Å². The normalized spacial score (nSPS) is 11.1. The fraction of sp³-hybridized carbons (Fsp3) is 0.211. The summed E-state index contributed by atoms with van der Waals surface area (Å²) >= 11 is 5.90. The Morgan fingerprint density at radius 1 is 1.08 bits per heavy atom. The van der Waals surface area contributed by atoms with Crippen molar-refractivity contribution in [3.05, 3.63) is 64.2 Å². The van der Waals surface area contributed by atoms with Crippen LogP contribution in [0.4, 0.5) is 5.69 Å². The van der Waals surface area contributed by atoms with Crippen molar-refractivity contribution in [2.24, 2.45) is 5.10 Å². The number of hydrazone groups is 1. The molecule has 130 valence electrons. The van der Waals surface area contributed by atoms with E-state index in [4.69, 9.17) is 11.6 Å². The van der Waals surface area contributed by atoms with Crippen LogP contribution in [0.3, 0.4) is 0 Å². The first-order valence-electron chi connectivity index (χ1n) is 7.82. The Kier molecular flexibility index (Phi) is 6.31. The summed E-state index contributed by atoms with van der Waals surface area (Å²) in [5.74, 6) is -0.511. The summed E-state index contributed by atoms with van der Waals surface area (Å²) in [5.41, 5.74) is 5.98. The summed E-state index contributed by atoms with van der Waals surface area (Å²) in [6.45, 7) is 5.41. The largest absolute Gasteiger partial charge is 0.326 e. The quantitative estimate of drug-likeness (QED) is 0.625. The van der Waals surface area contributed by atoms with E-state index in [2.05, 4.69) is 15.8 Å². The summed E-state index contributed by atoms with van der Waals surface area (Å²) in [6, 6.07) is 12.5.